The first-order valence-corrected chi connectivity index (χ1v) is 13.7. The number of H-pyrrole nitrogens is 1. The zero-order valence-electron chi connectivity index (χ0n) is 21.7. The van der Waals surface area contributed by atoms with E-state index in [9.17, 15) is 9.59 Å². The quantitative estimate of drug-likeness (QED) is 0.248. The molecule has 0 saturated carbocycles. The Morgan fingerprint density at radius 2 is 2.12 bits per heavy atom. The predicted molar refractivity (Wildman–Crippen MR) is 154 cm³/mol. The topological polar surface area (TPSA) is 116 Å². The second kappa shape index (κ2) is 10.5. The highest BCUT2D eigenvalue weighted by Crippen LogP contribution is 2.33. The number of hydrogen-bond acceptors (Lipinski definition) is 7. The number of aromatic amines is 1. The van der Waals surface area contributed by atoms with Crippen molar-refractivity contribution in [1.29, 1.82) is 0 Å². The SMILES string of the molecule is C=CC(=O)N1CCC(Nc2n[nH]c3nccc(-c4ccc(CNC(=O)c5ccc6sc(C)nc6c5)c(F)c4)c23)C1. The number of halogens is 1. The Bertz CT molecular complexity index is 1780. The van der Waals surface area contributed by atoms with Gasteiger partial charge in [0.05, 0.1) is 20.6 Å². The van der Waals surface area contributed by atoms with Crippen LogP contribution < -0.4 is 10.6 Å². The number of carbonyl (C=O) groups excluding carboxylic acids is 2. The van der Waals surface area contributed by atoms with Gasteiger partial charge in [0.15, 0.2) is 11.5 Å². The molecule has 2 amide bonds. The van der Waals surface area contributed by atoms with Crippen LogP contribution >= 0.6 is 11.3 Å². The molecule has 0 spiro atoms. The summed E-state index contributed by atoms with van der Waals surface area (Å²) >= 11 is 1.57. The number of likely N-dealkylation sites (tertiary alicyclic amines) is 1. The standard InChI is InChI=1S/C29H26FN7O2S/c1-3-25(38)37-11-9-20(15-37)34-28-26-21(8-10-31-27(26)35-36-28)17-4-5-19(22(30)12-17)14-32-29(39)18-6-7-24-23(13-18)33-16(2)40-24/h3-8,10,12-13,20H,1,9,11,14-15H2,2H3,(H,32,39)(H2,31,34,35,36). The van der Waals surface area contributed by atoms with Crippen molar-refractivity contribution in [1.82, 2.24) is 30.4 Å². The maximum atomic E-state index is 15.2. The first kappa shape index (κ1) is 25.6. The van der Waals surface area contributed by atoms with Crippen LogP contribution in [0.4, 0.5) is 10.2 Å². The van der Waals surface area contributed by atoms with Gasteiger partial charge in [-0.2, -0.15) is 5.10 Å². The second-order valence-corrected chi connectivity index (χ2v) is 10.9. The summed E-state index contributed by atoms with van der Waals surface area (Å²) in [5.41, 5.74) is 3.62. The second-order valence-electron chi connectivity index (χ2n) is 9.68. The molecule has 40 heavy (non-hydrogen) atoms. The Hall–Kier alpha value is -4.64. The molecule has 1 unspecified atom stereocenters. The van der Waals surface area contributed by atoms with Gasteiger partial charge in [-0.25, -0.2) is 14.4 Å². The van der Waals surface area contributed by atoms with Gasteiger partial charge >= 0.3 is 0 Å². The molecule has 3 N–H and O–H groups in total. The fourth-order valence-corrected chi connectivity index (χ4v) is 5.82. The van der Waals surface area contributed by atoms with E-state index in [2.05, 4.69) is 37.4 Å². The number of pyridine rings is 1. The van der Waals surface area contributed by atoms with Gasteiger partial charge in [0, 0.05) is 43.0 Å². The zero-order valence-corrected chi connectivity index (χ0v) is 22.5. The summed E-state index contributed by atoms with van der Waals surface area (Å²) < 4.78 is 16.3. The van der Waals surface area contributed by atoms with Crippen LogP contribution in [0.1, 0.15) is 27.3 Å². The molecule has 1 saturated heterocycles. The van der Waals surface area contributed by atoms with Gasteiger partial charge in [-0.05, 0) is 60.9 Å². The number of rotatable bonds is 7. The molecule has 1 fully saturated rings. The molecule has 4 heterocycles. The van der Waals surface area contributed by atoms with Crippen molar-refractivity contribution in [2.75, 3.05) is 18.4 Å². The molecule has 0 bridgehead atoms. The number of benzene rings is 2. The third kappa shape index (κ3) is 4.91. The van der Waals surface area contributed by atoms with Crippen molar-refractivity contribution in [3.05, 3.63) is 83.3 Å². The molecule has 2 aromatic carbocycles. The monoisotopic (exact) mass is 555 g/mol. The lowest BCUT2D eigenvalue weighted by Gasteiger charge is -2.15. The Balaban J connectivity index is 1.19. The molecule has 0 radical (unpaired) electrons. The third-order valence-corrected chi connectivity index (χ3v) is 7.99. The average molecular weight is 556 g/mol. The molecule has 1 atom stereocenters. The molecule has 0 aliphatic carbocycles. The van der Waals surface area contributed by atoms with Crippen LogP contribution in [0.25, 0.3) is 32.4 Å². The molecule has 6 rings (SSSR count). The van der Waals surface area contributed by atoms with Gasteiger partial charge in [0.2, 0.25) is 5.91 Å². The van der Waals surface area contributed by atoms with Gasteiger partial charge < -0.3 is 15.5 Å². The van der Waals surface area contributed by atoms with Crippen LogP contribution in [0.2, 0.25) is 0 Å². The summed E-state index contributed by atoms with van der Waals surface area (Å²) in [5, 5.41) is 15.2. The summed E-state index contributed by atoms with van der Waals surface area (Å²) in [5.74, 6) is -0.220. The normalized spacial score (nSPS) is 15.1. The van der Waals surface area contributed by atoms with Gasteiger partial charge in [0.1, 0.15) is 5.82 Å². The maximum absolute atomic E-state index is 15.2. The molecule has 1 aliphatic rings. The minimum Gasteiger partial charge on any atom is -0.363 e. The summed E-state index contributed by atoms with van der Waals surface area (Å²) in [4.78, 5) is 35.2. The average Bonchev–Trinajstić information content (AvgIpc) is 3.69. The summed E-state index contributed by atoms with van der Waals surface area (Å²) in [7, 11) is 0. The van der Waals surface area contributed by atoms with Crippen molar-refractivity contribution < 1.29 is 14.0 Å². The fourth-order valence-electron chi connectivity index (χ4n) is 5.02. The van der Waals surface area contributed by atoms with E-state index >= 15 is 4.39 Å². The predicted octanol–water partition coefficient (Wildman–Crippen LogP) is 4.81. The molecular weight excluding hydrogens is 529 g/mol. The Morgan fingerprint density at radius 3 is 2.95 bits per heavy atom. The van der Waals surface area contributed by atoms with E-state index in [-0.39, 0.29) is 24.4 Å². The van der Waals surface area contributed by atoms with E-state index in [4.69, 9.17) is 0 Å². The van der Waals surface area contributed by atoms with Gasteiger partial charge in [-0.15, -0.1) is 11.3 Å². The van der Waals surface area contributed by atoms with Gasteiger partial charge in [-0.1, -0.05) is 18.7 Å². The lowest BCUT2D eigenvalue weighted by atomic mass is 10.0. The number of nitrogens with zero attached hydrogens (tertiary/aromatic N) is 4. The van der Waals surface area contributed by atoms with Crippen molar-refractivity contribution in [2.24, 2.45) is 0 Å². The van der Waals surface area contributed by atoms with Crippen molar-refractivity contribution in [3.8, 4) is 11.1 Å². The van der Waals surface area contributed by atoms with Crippen LogP contribution in [-0.2, 0) is 11.3 Å². The van der Waals surface area contributed by atoms with Crippen LogP contribution in [0.3, 0.4) is 0 Å². The molecular formula is C29H26FN7O2S. The van der Waals surface area contributed by atoms with Crippen LogP contribution in [0.5, 0.6) is 0 Å². The van der Waals surface area contributed by atoms with E-state index in [1.54, 1.807) is 40.6 Å². The first-order valence-electron chi connectivity index (χ1n) is 12.8. The van der Waals surface area contributed by atoms with E-state index in [1.165, 1.54) is 12.1 Å². The number of aryl methyl sites for hydroxylation is 1. The molecule has 202 valence electrons. The minimum absolute atomic E-state index is 0.0198. The summed E-state index contributed by atoms with van der Waals surface area (Å²) in [6.45, 7) is 6.71. The smallest absolute Gasteiger partial charge is 0.251 e. The summed E-state index contributed by atoms with van der Waals surface area (Å²) in [6, 6.07) is 12.2. The van der Waals surface area contributed by atoms with E-state index < -0.39 is 5.82 Å². The van der Waals surface area contributed by atoms with E-state index in [1.807, 2.05) is 25.1 Å². The fraction of sp³-hybridized carbons (Fsp3) is 0.207. The third-order valence-electron chi connectivity index (χ3n) is 7.04. The van der Waals surface area contributed by atoms with E-state index in [0.717, 1.165) is 32.6 Å². The molecule has 11 heteroatoms. The number of thiazole rings is 1. The lowest BCUT2D eigenvalue weighted by Crippen LogP contribution is -2.30. The van der Waals surface area contributed by atoms with Crippen LogP contribution in [0.15, 0.2) is 61.3 Å². The Morgan fingerprint density at radius 1 is 1.25 bits per heavy atom. The highest BCUT2D eigenvalue weighted by molar-refractivity contribution is 7.18. The molecule has 1 aliphatic heterocycles. The number of aromatic nitrogens is 4. The highest BCUT2D eigenvalue weighted by Gasteiger charge is 2.26. The molecule has 9 nitrogen and oxygen atoms in total. The van der Waals surface area contributed by atoms with E-state index in [0.29, 0.717) is 41.2 Å². The van der Waals surface area contributed by atoms with Crippen LogP contribution in [-0.4, -0.2) is 56.0 Å². The maximum Gasteiger partial charge on any atom is 0.251 e. The molecule has 3 aromatic heterocycles. The summed E-state index contributed by atoms with van der Waals surface area (Å²) in [6.07, 6.45) is 3.74. The van der Waals surface area contributed by atoms with Gasteiger partial charge in [0.25, 0.3) is 5.91 Å². The zero-order chi connectivity index (χ0) is 27.8. The highest BCUT2D eigenvalue weighted by atomic mass is 32.1. The van der Waals surface area contributed by atoms with Crippen molar-refractivity contribution in [2.45, 2.75) is 25.9 Å². The number of nitrogens with one attached hydrogen (secondary N) is 3. The number of fused-ring (bicyclic) bond motifs is 2. The van der Waals surface area contributed by atoms with Crippen molar-refractivity contribution >= 4 is 50.2 Å². The van der Waals surface area contributed by atoms with Gasteiger partial charge in [-0.3, -0.25) is 14.7 Å². The van der Waals surface area contributed by atoms with Crippen LogP contribution in [0, 0.1) is 12.7 Å². The number of carbonyl (C=O) groups is 2. The van der Waals surface area contributed by atoms with Crippen molar-refractivity contribution in [3.63, 3.8) is 0 Å². The number of anilines is 1. The number of hydrogen-bond donors (Lipinski definition) is 3. The molecule has 5 aromatic rings. The Labute approximate surface area is 233 Å². The largest absolute Gasteiger partial charge is 0.363 e. The first-order chi connectivity index (χ1) is 19.4. The Kier molecular flexibility index (Phi) is 6.72. The minimum atomic E-state index is -0.430. The number of amides is 2. The lowest BCUT2D eigenvalue weighted by molar-refractivity contribution is -0.125.